The van der Waals surface area contributed by atoms with Crippen LogP contribution >= 0.6 is 11.6 Å². The first-order valence-corrected chi connectivity index (χ1v) is 7.28. The molecule has 0 bridgehead atoms. The predicted octanol–water partition coefficient (Wildman–Crippen LogP) is 2.10. The molecule has 1 amide bonds. The van der Waals surface area contributed by atoms with Crippen molar-refractivity contribution in [3.05, 3.63) is 28.8 Å². The number of halogens is 1. The summed E-state index contributed by atoms with van der Waals surface area (Å²) in [7, 11) is 3.49. The highest BCUT2D eigenvalue weighted by molar-refractivity contribution is 6.30. The van der Waals surface area contributed by atoms with Crippen LogP contribution in [0.3, 0.4) is 0 Å². The Hall–Kier alpha value is -1.26. The highest BCUT2D eigenvalue weighted by Gasteiger charge is 2.22. The fourth-order valence-corrected chi connectivity index (χ4v) is 2.77. The summed E-state index contributed by atoms with van der Waals surface area (Å²) in [4.78, 5) is 14.3. The van der Waals surface area contributed by atoms with Crippen LogP contribution in [0.5, 0.6) is 5.75 Å². The van der Waals surface area contributed by atoms with Crippen LogP contribution in [0.4, 0.5) is 0 Å². The fraction of sp³-hybridized carbons (Fsp3) is 0.533. The number of carbonyl (C=O) groups is 1. The number of nitrogens with zero attached hydrogens (tertiary/aromatic N) is 1. The van der Waals surface area contributed by atoms with Crippen molar-refractivity contribution in [2.24, 2.45) is 0 Å². The molecule has 1 N–H and O–H groups in total. The number of hydrogen-bond donors (Lipinski definition) is 1. The minimum Gasteiger partial charge on any atom is -0.496 e. The number of methoxy groups -OCH3 is 1. The fourth-order valence-electron chi connectivity index (χ4n) is 2.57. The topological polar surface area (TPSA) is 41.6 Å². The molecule has 1 saturated heterocycles. The molecule has 110 valence electrons. The normalized spacial score (nSPS) is 15.9. The Bertz CT molecular complexity index is 473. The Morgan fingerprint density at radius 3 is 2.80 bits per heavy atom. The van der Waals surface area contributed by atoms with Gasteiger partial charge in [-0.3, -0.25) is 4.79 Å². The van der Waals surface area contributed by atoms with Crippen LogP contribution in [0.25, 0.3) is 0 Å². The van der Waals surface area contributed by atoms with E-state index in [0.29, 0.717) is 23.2 Å². The summed E-state index contributed by atoms with van der Waals surface area (Å²) in [5.41, 5.74) is 0.839. The van der Waals surface area contributed by atoms with E-state index in [1.165, 1.54) is 0 Å². The van der Waals surface area contributed by atoms with Crippen LogP contribution in [0.1, 0.15) is 18.4 Å². The van der Waals surface area contributed by atoms with Crippen molar-refractivity contribution in [3.63, 3.8) is 0 Å². The van der Waals surface area contributed by atoms with Crippen LogP contribution in [0, 0.1) is 0 Å². The Balaban J connectivity index is 2.05. The van der Waals surface area contributed by atoms with Crippen molar-refractivity contribution in [2.75, 3.05) is 27.2 Å². The Kier molecular flexibility index (Phi) is 5.26. The third-order valence-corrected chi connectivity index (χ3v) is 4.07. The largest absolute Gasteiger partial charge is 0.496 e. The lowest BCUT2D eigenvalue weighted by molar-refractivity contribution is -0.131. The van der Waals surface area contributed by atoms with Gasteiger partial charge in [-0.05, 0) is 44.1 Å². The summed E-state index contributed by atoms with van der Waals surface area (Å²) in [5, 5.41) is 3.93. The van der Waals surface area contributed by atoms with Crippen LogP contribution in [-0.4, -0.2) is 44.1 Å². The van der Waals surface area contributed by atoms with E-state index >= 15 is 0 Å². The molecule has 0 saturated carbocycles. The van der Waals surface area contributed by atoms with Gasteiger partial charge in [-0.1, -0.05) is 11.6 Å². The van der Waals surface area contributed by atoms with E-state index in [1.54, 1.807) is 25.3 Å². The monoisotopic (exact) mass is 296 g/mol. The molecule has 1 fully saturated rings. The van der Waals surface area contributed by atoms with Crippen LogP contribution in [-0.2, 0) is 11.2 Å². The van der Waals surface area contributed by atoms with Crippen molar-refractivity contribution in [1.82, 2.24) is 10.2 Å². The molecule has 1 heterocycles. The van der Waals surface area contributed by atoms with Gasteiger partial charge in [0.15, 0.2) is 0 Å². The summed E-state index contributed by atoms with van der Waals surface area (Å²) in [6.07, 6.45) is 2.34. The average molecular weight is 297 g/mol. The van der Waals surface area contributed by atoms with Crippen molar-refractivity contribution >= 4 is 17.5 Å². The Morgan fingerprint density at radius 1 is 1.45 bits per heavy atom. The quantitative estimate of drug-likeness (QED) is 0.925. The van der Waals surface area contributed by atoms with Crippen molar-refractivity contribution in [3.8, 4) is 5.75 Å². The molecule has 2 rings (SSSR count). The maximum atomic E-state index is 12.4. The number of amides is 1. The Morgan fingerprint density at radius 2 is 2.15 bits per heavy atom. The number of ether oxygens (including phenoxy) is 1. The standard InChI is InChI=1S/C15H21ClN2O2/c1-18(13-5-7-17-8-6-13)15(19)10-11-9-12(16)3-4-14(11)20-2/h3-4,9,13,17H,5-8,10H2,1-2H3. The molecule has 0 aliphatic carbocycles. The molecule has 1 aromatic rings. The molecule has 0 aromatic heterocycles. The van der Waals surface area contributed by atoms with E-state index in [2.05, 4.69) is 5.32 Å². The van der Waals surface area contributed by atoms with Gasteiger partial charge in [-0.25, -0.2) is 0 Å². The number of piperidine rings is 1. The van der Waals surface area contributed by atoms with Gasteiger partial charge in [0.25, 0.3) is 0 Å². The average Bonchev–Trinajstić information content (AvgIpc) is 2.47. The van der Waals surface area contributed by atoms with Gasteiger partial charge < -0.3 is 15.0 Å². The highest BCUT2D eigenvalue weighted by atomic mass is 35.5. The van der Waals surface area contributed by atoms with Crippen molar-refractivity contribution in [2.45, 2.75) is 25.3 Å². The first-order valence-electron chi connectivity index (χ1n) is 6.90. The first-order chi connectivity index (χ1) is 9.61. The molecule has 0 spiro atoms. The molecule has 5 heteroatoms. The molecular formula is C15H21ClN2O2. The van der Waals surface area contributed by atoms with Crippen LogP contribution in [0.2, 0.25) is 5.02 Å². The summed E-state index contributed by atoms with van der Waals surface area (Å²) < 4.78 is 5.29. The third-order valence-electron chi connectivity index (χ3n) is 3.83. The van der Waals surface area contributed by atoms with E-state index in [1.807, 2.05) is 11.9 Å². The smallest absolute Gasteiger partial charge is 0.227 e. The van der Waals surface area contributed by atoms with E-state index in [4.69, 9.17) is 16.3 Å². The number of nitrogens with one attached hydrogen (secondary N) is 1. The van der Waals surface area contributed by atoms with E-state index < -0.39 is 0 Å². The van der Waals surface area contributed by atoms with Gasteiger partial charge in [0.1, 0.15) is 5.75 Å². The van der Waals surface area contributed by atoms with Crippen LogP contribution < -0.4 is 10.1 Å². The molecule has 4 nitrogen and oxygen atoms in total. The molecular weight excluding hydrogens is 276 g/mol. The van der Waals surface area contributed by atoms with Gasteiger partial charge in [0.2, 0.25) is 5.91 Å². The van der Waals surface area contributed by atoms with Gasteiger partial charge in [-0.15, -0.1) is 0 Å². The van der Waals surface area contributed by atoms with Crippen molar-refractivity contribution in [1.29, 1.82) is 0 Å². The van der Waals surface area contributed by atoms with E-state index in [0.717, 1.165) is 31.5 Å². The van der Waals surface area contributed by atoms with Gasteiger partial charge in [0.05, 0.1) is 13.5 Å². The molecule has 1 aliphatic rings. The number of hydrogen-bond acceptors (Lipinski definition) is 3. The van der Waals surface area contributed by atoms with Gasteiger partial charge >= 0.3 is 0 Å². The molecule has 0 unspecified atom stereocenters. The van der Waals surface area contributed by atoms with Gasteiger partial charge in [0, 0.05) is 23.7 Å². The Labute approximate surface area is 125 Å². The maximum absolute atomic E-state index is 12.4. The second kappa shape index (κ2) is 6.95. The molecule has 20 heavy (non-hydrogen) atoms. The molecule has 0 radical (unpaired) electrons. The summed E-state index contributed by atoms with van der Waals surface area (Å²) in [6, 6.07) is 5.70. The molecule has 1 aromatic carbocycles. The van der Waals surface area contributed by atoms with Crippen molar-refractivity contribution < 1.29 is 9.53 Å². The summed E-state index contributed by atoms with van der Waals surface area (Å²) in [5.74, 6) is 0.818. The first kappa shape index (κ1) is 15.1. The maximum Gasteiger partial charge on any atom is 0.227 e. The number of benzene rings is 1. The highest BCUT2D eigenvalue weighted by Crippen LogP contribution is 2.24. The van der Waals surface area contributed by atoms with E-state index in [-0.39, 0.29) is 5.91 Å². The third kappa shape index (κ3) is 3.64. The van der Waals surface area contributed by atoms with Crippen LogP contribution in [0.15, 0.2) is 18.2 Å². The lowest BCUT2D eigenvalue weighted by Crippen LogP contribution is -2.44. The number of carbonyl (C=O) groups excluding carboxylic acids is 1. The lowest BCUT2D eigenvalue weighted by atomic mass is 10.0. The van der Waals surface area contributed by atoms with Gasteiger partial charge in [-0.2, -0.15) is 0 Å². The summed E-state index contributed by atoms with van der Waals surface area (Å²) in [6.45, 7) is 1.95. The zero-order valence-electron chi connectivity index (χ0n) is 12.0. The molecule has 0 atom stereocenters. The number of rotatable bonds is 4. The predicted molar refractivity (Wildman–Crippen MR) is 80.4 cm³/mol. The van der Waals surface area contributed by atoms with E-state index in [9.17, 15) is 4.79 Å². The number of likely N-dealkylation sites (N-methyl/N-ethyl adjacent to an activating group) is 1. The zero-order valence-corrected chi connectivity index (χ0v) is 12.7. The lowest BCUT2D eigenvalue weighted by Gasteiger charge is -2.31. The zero-order chi connectivity index (χ0) is 14.5. The minimum absolute atomic E-state index is 0.109. The minimum atomic E-state index is 0.109. The second-order valence-corrected chi connectivity index (χ2v) is 5.56. The SMILES string of the molecule is COc1ccc(Cl)cc1CC(=O)N(C)C1CCNCC1. The second-order valence-electron chi connectivity index (χ2n) is 5.12. The molecule has 1 aliphatic heterocycles. The summed E-state index contributed by atoms with van der Waals surface area (Å²) >= 11 is 6.00.